The summed E-state index contributed by atoms with van der Waals surface area (Å²) in [5.41, 5.74) is 8.26. The summed E-state index contributed by atoms with van der Waals surface area (Å²) in [5, 5.41) is 0. The number of hydrogen-bond acceptors (Lipinski definition) is 2. The van der Waals surface area contributed by atoms with Gasteiger partial charge in [0, 0.05) is 24.3 Å². The molecule has 3 unspecified atom stereocenters. The van der Waals surface area contributed by atoms with E-state index >= 15 is 0 Å². The number of nitrogens with zero attached hydrogens (tertiary/aromatic N) is 1. The molecule has 1 aromatic rings. The molecule has 2 rings (SSSR count). The molecule has 112 valence electrons. The van der Waals surface area contributed by atoms with Crippen molar-refractivity contribution in [1.29, 1.82) is 0 Å². The highest BCUT2D eigenvalue weighted by Crippen LogP contribution is 2.35. The Balaban J connectivity index is 2.18. The topological polar surface area (TPSA) is 29.3 Å². The van der Waals surface area contributed by atoms with Gasteiger partial charge in [-0.2, -0.15) is 0 Å². The van der Waals surface area contributed by atoms with E-state index in [4.69, 9.17) is 5.73 Å². The van der Waals surface area contributed by atoms with Gasteiger partial charge in [-0.25, -0.2) is 0 Å². The van der Waals surface area contributed by atoms with E-state index in [0.717, 1.165) is 11.8 Å². The van der Waals surface area contributed by atoms with E-state index in [1.165, 1.54) is 30.5 Å². The SMILES string of the molecule is CC1CCC(N(c2ccc(CN)cc2)C(C)C)CC1C. The van der Waals surface area contributed by atoms with Gasteiger partial charge in [-0.3, -0.25) is 0 Å². The van der Waals surface area contributed by atoms with Crippen LogP contribution >= 0.6 is 0 Å². The first kappa shape index (κ1) is 15.4. The van der Waals surface area contributed by atoms with Crippen LogP contribution in [0.15, 0.2) is 24.3 Å². The normalized spacial score (nSPS) is 26.8. The molecule has 0 bridgehead atoms. The van der Waals surface area contributed by atoms with Crippen molar-refractivity contribution in [3.8, 4) is 0 Å². The molecule has 1 saturated carbocycles. The lowest BCUT2D eigenvalue weighted by Crippen LogP contribution is -2.44. The minimum atomic E-state index is 0.546. The first-order valence-corrected chi connectivity index (χ1v) is 8.10. The van der Waals surface area contributed by atoms with Crippen LogP contribution in [0.5, 0.6) is 0 Å². The van der Waals surface area contributed by atoms with Crippen LogP contribution in [0.25, 0.3) is 0 Å². The number of rotatable bonds is 4. The summed E-state index contributed by atoms with van der Waals surface area (Å²) < 4.78 is 0. The monoisotopic (exact) mass is 274 g/mol. The van der Waals surface area contributed by atoms with Crippen LogP contribution in [0.1, 0.15) is 52.5 Å². The maximum atomic E-state index is 5.70. The summed E-state index contributed by atoms with van der Waals surface area (Å²) >= 11 is 0. The third-order valence-electron chi connectivity index (χ3n) is 4.99. The summed E-state index contributed by atoms with van der Waals surface area (Å²) in [7, 11) is 0. The Bertz CT molecular complexity index is 410. The Morgan fingerprint density at radius 3 is 2.25 bits per heavy atom. The van der Waals surface area contributed by atoms with Crippen molar-refractivity contribution >= 4 is 5.69 Å². The Labute approximate surface area is 124 Å². The van der Waals surface area contributed by atoms with E-state index in [9.17, 15) is 0 Å². The van der Waals surface area contributed by atoms with E-state index in [1.54, 1.807) is 0 Å². The van der Waals surface area contributed by atoms with Gasteiger partial charge in [-0.05, 0) is 62.6 Å². The summed E-state index contributed by atoms with van der Waals surface area (Å²) in [6, 6.07) is 10.0. The zero-order chi connectivity index (χ0) is 14.7. The van der Waals surface area contributed by atoms with Crippen molar-refractivity contribution in [2.24, 2.45) is 17.6 Å². The van der Waals surface area contributed by atoms with Gasteiger partial charge in [0.15, 0.2) is 0 Å². The molecule has 0 radical (unpaired) electrons. The number of nitrogens with two attached hydrogens (primary N) is 1. The number of anilines is 1. The zero-order valence-corrected chi connectivity index (χ0v) is 13.5. The van der Waals surface area contributed by atoms with Crippen LogP contribution in [0.4, 0.5) is 5.69 Å². The molecular formula is C18H30N2. The molecular weight excluding hydrogens is 244 g/mol. The summed E-state index contributed by atoms with van der Waals surface area (Å²) in [6.07, 6.45) is 4.00. The van der Waals surface area contributed by atoms with E-state index in [2.05, 4.69) is 56.9 Å². The van der Waals surface area contributed by atoms with E-state index in [0.29, 0.717) is 18.6 Å². The minimum absolute atomic E-state index is 0.546. The predicted octanol–water partition coefficient (Wildman–Crippen LogP) is 4.18. The highest BCUT2D eigenvalue weighted by atomic mass is 15.2. The van der Waals surface area contributed by atoms with Crippen molar-refractivity contribution in [3.05, 3.63) is 29.8 Å². The molecule has 2 heteroatoms. The lowest BCUT2D eigenvalue weighted by Gasteiger charge is -2.43. The van der Waals surface area contributed by atoms with Crippen molar-refractivity contribution in [1.82, 2.24) is 0 Å². The fraction of sp³-hybridized carbons (Fsp3) is 0.667. The molecule has 3 atom stereocenters. The first-order chi connectivity index (χ1) is 9.52. The van der Waals surface area contributed by atoms with E-state index in [1.807, 2.05) is 0 Å². The van der Waals surface area contributed by atoms with Gasteiger partial charge in [-0.1, -0.05) is 26.0 Å². The van der Waals surface area contributed by atoms with Crippen LogP contribution in [-0.2, 0) is 6.54 Å². The van der Waals surface area contributed by atoms with Gasteiger partial charge < -0.3 is 10.6 Å². The molecule has 0 heterocycles. The second-order valence-electron chi connectivity index (χ2n) is 6.79. The van der Waals surface area contributed by atoms with Gasteiger partial charge in [0.05, 0.1) is 0 Å². The second-order valence-corrected chi connectivity index (χ2v) is 6.79. The van der Waals surface area contributed by atoms with Crippen molar-refractivity contribution in [3.63, 3.8) is 0 Å². The molecule has 1 fully saturated rings. The summed E-state index contributed by atoms with van der Waals surface area (Å²) in [6.45, 7) is 10.0. The predicted molar refractivity (Wildman–Crippen MR) is 87.9 cm³/mol. The van der Waals surface area contributed by atoms with E-state index < -0.39 is 0 Å². The van der Waals surface area contributed by atoms with Crippen LogP contribution in [0.2, 0.25) is 0 Å². The van der Waals surface area contributed by atoms with Gasteiger partial charge in [0.25, 0.3) is 0 Å². The van der Waals surface area contributed by atoms with E-state index in [-0.39, 0.29) is 0 Å². The van der Waals surface area contributed by atoms with Crippen LogP contribution in [-0.4, -0.2) is 12.1 Å². The molecule has 1 aliphatic rings. The highest BCUT2D eigenvalue weighted by molar-refractivity contribution is 5.49. The number of hydrogen-bond donors (Lipinski definition) is 1. The average molecular weight is 274 g/mol. The van der Waals surface area contributed by atoms with Crippen LogP contribution in [0.3, 0.4) is 0 Å². The second kappa shape index (κ2) is 6.62. The third kappa shape index (κ3) is 3.35. The van der Waals surface area contributed by atoms with Crippen LogP contribution in [0, 0.1) is 11.8 Å². The Morgan fingerprint density at radius 2 is 1.75 bits per heavy atom. The quantitative estimate of drug-likeness (QED) is 0.892. The fourth-order valence-corrected chi connectivity index (χ4v) is 3.51. The lowest BCUT2D eigenvalue weighted by atomic mass is 9.78. The fourth-order valence-electron chi connectivity index (χ4n) is 3.51. The molecule has 0 amide bonds. The van der Waals surface area contributed by atoms with Gasteiger partial charge in [-0.15, -0.1) is 0 Å². The highest BCUT2D eigenvalue weighted by Gasteiger charge is 2.30. The molecule has 20 heavy (non-hydrogen) atoms. The molecule has 2 N–H and O–H groups in total. The molecule has 0 aromatic heterocycles. The maximum Gasteiger partial charge on any atom is 0.0371 e. The van der Waals surface area contributed by atoms with Gasteiger partial charge >= 0.3 is 0 Å². The standard InChI is InChI=1S/C18H30N2/c1-13(2)20(17-9-6-16(12-19)7-10-17)18-8-5-14(3)15(4)11-18/h6-7,9-10,13-15,18H,5,8,11-12,19H2,1-4H3. The zero-order valence-electron chi connectivity index (χ0n) is 13.5. The Morgan fingerprint density at radius 1 is 1.10 bits per heavy atom. The Hall–Kier alpha value is -1.02. The molecule has 1 aromatic carbocycles. The third-order valence-corrected chi connectivity index (χ3v) is 4.99. The smallest absolute Gasteiger partial charge is 0.0371 e. The minimum Gasteiger partial charge on any atom is -0.366 e. The van der Waals surface area contributed by atoms with Gasteiger partial charge in [0.1, 0.15) is 0 Å². The largest absolute Gasteiger partial charge is 0.366 e. The van der Waals surface area contributed by atoms with Crippen molar-refractivity contribution < 1.29 is 0 Å². The first-order valence-electron chi connectivity index (χ1n) is 8.10. The Kier molecular flexibility index (Phi) is 5.09. The van der Waals surface area contributed by atoms with Gasteiger partial charge in [0.2, 0.25) is 0 Å². The summed E-state index contributed by atoms with van der Waals surface area (Å²) in [5.74, 6) is 1.71. The molecule has 0 spiro atoms. The molecule has 1 aliphatic carbocycles. The lowest BCUT2D eigenvalue weighted by molar-refractivity contribution is 0.239. The maximum absolute atomic E-state index is 5.70. The van der Waals surface area contributed by atoms with Crippen molar-refractivity contribution in [2.75, 3.05) is 4.90 Å². The van der Waals surface area contributed by atoms with Crippen molar-refractivity contribution in [2.45, 2.75) is 65.6 Å². The molecule has 0 saturated heterocycles. The molecule has 0 aliphatic heterocycles. The average Bonchev–Trinajstić information content (AvgIpc) is 2.43. The molecule has 2 nitrogen and oxygen atoms in total. The number of benzene rings is 1. The summed E-state index contributed by atoms with van der Waals surface area (Å²) in [4.78, 5) is 2.61. The van der Waals surface area contributed by atoms with Crippen LogP contribution < -0.4 is 10.6 Å².